The Morgan fingerprint density at radius 2 is 1.96 bits per heavy atom. The van der Waals surface area contributed by atoms with Crippen LogP contribution in [0.5, 0.6) is 0 Å². The molecule has 2 aromatic heterocycles. The Hall–Kier alpha value is -3.03. The van der Waals surface area contributed by atoms with Crippen LogP contribution < -0.4 is 16.1 Å². The molecule has 7 nitrogen and oxygen atoms in total. The Bertz CT molecular complexity index is 1130. The first kappa shape index (κ1) is 18.3. The molecule has 144 valence electrons. The molecule has 1 aromatic carbocycles. The summed E-state index contributed by atoms with van der Waals surface area (Å²) >= 11 is 0. The Balaban J connectivity index is 1.94. The van der Waals surface area contributed by atoms with Gasteiger partial charge in [0.15, 0.2) is 0 Å². The lowest BCUT2D eigenvalue weighted by molar-refractivity contribution is -0.141. The highest BCUT2D eigenvalue weighted by Crippen LogP contribution is 2.35. The van der Waals surface area contributed by atoms with Crippen LogP contribution in [0.4, 0.5) is 5.82 Å². The molecule has 0 saturated carbocycles. The van der Waals surface area contributed by atoms with Gasteiger partial charge in [-0.3, -0.25) is 0 Å². The fraction of sp³-hybridized carbons (Fsp3) is 0.286. The maximum Gasteiger partial charge on any atom is 0.364 e. The molecule has 4 rings (SSSR count). The molecule has 1 aliphatic rings. The lowest BCUT2D eigenvalue weighted by Gasteiger charge is -2.30. The van der Waals surface area contributed by atoms with E-state index in [1.54, 1.807) is 6.07 Å². The van der Waals surface area contributed by atoms with Crippen molar-refractivity contribution >= 4 is 22.9 Å². The number of benzene rings is 1. The van der Waals surface area contributed by atoms with Gasteiger partial charge in [-0.25, -0.2) is 9.59 Å². The number of hydrogen-bond acceptors (Lipinski definition) is 5. The standard InChI is InChI=1S/C21H21N3O4/c1-12-5-3-6-13(2)19(12)15-11-18(25)28-20-14(15)8-9-17(23-20)24(22)10-4-7-16(24)21(26)27/h3,5-6,8-9,11,16H,4,7,10,22H2,1-2H3/p+1. The molecular formula is C21H22N3O4+. The second kappa shape index (κ2) is 6.54. The fourth-order valence-corrected chi connectivity index (χ4v) is 4.24. The second-order valence-electron chi connectivity index (χ2n) is 7.42. The second-order valence-corrected chi connectivity index (χ2v) is 7.42. The maximum absolute atomic E-state index is 12.2. The summed E-state index contributed by atoms with van der Waals surface area (Å²) in [5.74, 6) is 5.86. The molecule has 2 unspecified atom stereocenters. The number of nitrogens with zero attached hydrogens (tertiary/aromatic N) is 2. The quantitative estimate of drug-likeness (QED) is 0.534. The predicted octanol–water partition coefficient (Wildman–Crippen LogP) is 2.90. The van der Waals surface area contributed by atoms with Crippen molar-refractivity contribution in [2.75, 3.05) is 6.54 Å². The number of nitrogens with two attached hydrogens (primary N) is 1. The van der Waals surface area contributed by atoms with Gasteiger partial charge >= 0.3 is 11.6 Å². The summed E-state index contributed by atoms with van der Waals surface area (Å²) < 4.78 is 5.08. The van der Waals surface area contributed by atoms with Crippen molar-refractivity contribution in [2.45, 2.75) is 32.7 Å². The summed E-state index contributed by atoms with van der Waals surface area (Å²) in [6, 6.07) is 10.2. The van der Waals surface area contributed by atoms with Crippen LogP contribution in [0.1, 0.15) is 24.0 Å². The van der Waals surface area contributed by atoms with Gasteiger partial charge in [0.25, 0.3) is 5.82 Å². The molecule has 1 fully saturated rings. The third kappa shape index (κ3) is 2.80. The molecule has 3 heterocycles. The first-order chi connectivity index (χ1) is 13.3. The number of aromatic nitrogens is 1. The molecular weight excluding hydrogens is 358 g/mol. The zero-order valence-electron chi connectivity index (χ0n) is 15.8. The van der Waals surface area contributed by atoms with E-state index in [0.29, 0.717) is 30.6 Å². The number of pyridine rings is 1. The SMILES string of the molecule is Cc1cccc(C)c1-c1cc(=O)oc2nc([N+]3(N)CCCC3C(=O)O)ccc12. The van der Waals surface area contributed by atoms with Gasteiger partial charge in [-0.2, -0.15) is 15.4 Å². The van der Waals surface area contributed by atoms with Crippen LogP contribution in [-0.4, -0.2) is 28.6 Å². The van der Waals surface area contributed by atoms with E-state index in [9.17, 15) is 14.7 Å². The average Bonchev–Trinajstić information content (AvgIpc) is 3.04. The van der Waals surface area contributed by atoms with Crippen molar-refractivity contribution in [3.05, 3.63) is 57.9 Å². The van der Waals surface area contributed by atoms with Gasteiger partial charge in [-0.15, -0.1) is 0 Å². The number of carbonyl (C=O) groups is 1. The van der Waals surface area contributed by atoms with E-state index in [1.165, 1.54) is 6.07 Å². The van der Waals surface area contributed by atoms with Crippen molar-refractivity contribution in [3.8, 4) is 11.1 Å². The fourth-order valence-electron chi connectivity index (χ4n) is 4.24. The molecule has 2 atom stereocenters. The van der Waals surface area contributed by atoms with Crippen LogP contribution in [0.25, 0.3) is 22.2 Å². The molecule has 7 heteroatoms. The van der Waals surface area contributed by atoms with Gasteiger partial charge in [0.1, 0.15) is 6.54 Å². The Kier molecular flexibility index (Phi) is 4.28. The smallest absolute Gasteiger partial charge is 0.364 e. The normalized spacial score (nSPS) is 21.9. The van der Waals surface area contributed by atoms with Crippen molar-refractivity contribution < 1.29 is 14.3 Å². The van der Waals surface area contributed by atoms with E-state index in [0.717, 1.165) is 22.3 Å². The number of carboxylic acid groups (broad SMARTS) is 1. The molecule has 0 amide bonds. The summed E-state index contributed by atoms with van der Waals surface area (Å²) in [4.78, 5) is 28.4. The molecule has 0 aliphatic carbocycles. The molecule has 0 bridgehead atoms. The van der Waals surface area contributed by atoms with Crippen LogP contribution in [0.2, 0.25) is 0 Å². The van der Waals surface area contributed by atoms with Crippen LogP contribution in [0.3, 0.4) is 0 Å². The highest BCUT2D eigenvalue weighted by atomic mass is 16.4. The van der Waals surface area contributed by atoms with Crippen molar-refractivity contribution in [2.24, 2.45) is 5.84 Å². The average molecular weight is 380 g/mol. The summed E-state index contributed by atoms with van der Waals surface area (Å²) in [5.41, 5.74) is 3.47. The third-order valence-electron chi connectivity index (χ3n) is 5.62. The Morgan fingerprint density at radius 1 is 1.25 bits per heavy atom. The summed E-state index contributed by atoms with van der Waals surface area (Å²) in [6.07, 6.45) is 1.18. The van der Waals surface area contributed by atoms with Gasteiger partial charge in [0.2, 0.25) is 11.8 Å². The summed E-state index contributed by atoms with van der Waals surface area (Å²) in [6.45, 7) is 4.45. The van der Waals surface area contributed by atoms with Gasteiger partial charge in [0.05, 0.1) is 0 Å². The van der Waals surface area contributed by atoms with E-state index in [4.69, 9.17) is 10.3 Å². The van der Waals surface area contributed by atoms with Gasteiger partial charge in [-0.1, -0.05) is 18.2 Å². The minimum absolute atomic E-state index is 0.168. The molecule has 1 aliphatic heterocycles. The molecule has 28 heavy (non-hydrogen) atoms. The monoisotopic (exact) mass is 380 g/mol. The van der Waals surface area contributed by atoms with Crippen LogP contribution in [0.15, 0.2) is 45.6 Å². The lowest BCUT2D eigenvalue weighted by Crippen LogP contribution is -2.62. The first-order valence-electron chi connectivity index (χ1n) is 9.22. The lowest BCUT2D eigenvalue weighted by atomic mass is 9.94. The van der Waals surface area contributed by atoms with E-state index in [1.807, 2.05) is 38.1 Å². The van der Waals surface area contributed by atoms with Crippen molar-refractivity contribution in [3.63, 3.8) is 0 Å². The van der Waals surface area contributed by atoms with Crippen molar-refractivity contribution in [1.82, 2.24) is 9.58 Å². The van der Waals surface area contributed by atoms with E-state index in [2.05, 4.69) is 4.98 Å². The molecule has 0 radical (unpaired) electrons. The third-order valence-corrected chi connectivity index (χ3v) is 5.62. The van der Waals surface area contributed by atoms with E-state index in [-0.39, 0.29) is 10.3 Å². The Morgan fingerprint density at radius 3 is 2.64 bits per heavy atom. The minimum atomic E-state index is -0.951. The zero-order valence-corrected chi connectivity index (χ0v) is 15.8. The number of aliphatic carboxylic acids is 1. The number of rotatable bonds is 3. The predicted molar refractivity (Wildman–Crippen MR) is 107 cm³/mol. The highest BCUT2D eigenvalue weighted by molar-refractivity contribution is 5.94. The highest BCUT2D eigenvalue weighted by Gasteiger charge is 2.47. The number of fused-ring (bicyclic) bond motifs is 1. The molecule has 0 spiro atoms. The summed E-state index contributed by atoms with van der Waals surface area (Å²) in [7, 11) is 0. The molecule has 1 saturated heterocycles. The number of quaternary nitrogens is 1. The molecule has 3 N–H and O–H groups in total. The van der Waals surface area contributed by atoms with E-state index >= 15 is 0 Å². The van der Waals surface area contributed by atoms with Gasteiger partial charge < -0.3 is 9.52 Å². The zero-order chi connectivity index (χ0) is 20.1. The largest absolute Gasteiger partial charge is 0.477 e. The van der Waals surface area contributed by atoms with Gasteiger partial charge in [0, 0.05) is 35.9 Å². The van der Waals surface area contributed by atoms with Crippen LogP contribution >= 0.6 is 0 Å². The van der Waals surface area contributed by atoms with Gasteiger partial charge in [-0.05, 0) is 36.6 Å². The number of hydrogen-bond donors (Lipinski definition) is 2. The number of aryl methyl sites for hydroxylation is 2. The van der Waals surface area contributed by atoms with Crippen LogP contribution in [0, 0.1) is 13.8 Å². The summed E-state index contributed by atoms with van der Waals surface area (Å²) in [5, 5.41) is 10.2. The molecule has 3 aromatic rings. The first-order valence-corrected chi connectivity index (χ1v) is 9.22. The minimum Gasteiger partial charge on any atom is -0.477 e. The topological polar surface area (TPSA) is 106 Å². The van der Waals surface area contributed by atoms with Crippen molar-refractivity contribution in [1.29, 1.82) is 0 Å². The Labute approximate surface area is 161 Å². The maximum atomic E-state index is 12.2. The van der Waals surface area contributed by atoms with Crippen LogP contribution in [-0.2, 0) is 4.79 Å². The van der Waals surface area contributed by atoms with E-state index < -0.39 is 17.6 Å². The number of carboxylic acids is 1.